The zero-order valence-corrected chi connectivity index (χ0v) is 18.9. The molecule has 0 radical (unpaired) electrons. The van der Waals surface area contributed by atoms with Gasteiger partial charge in [0.05, 0.1) is 45.0 Å². The number of nitrogens with zero attached hydrogens (tertiary/aromatic N) is 2. The van der Waals surface area contributed by atoms with Crippen LogP contribution in [0.1, 0.15) is 0 Å². The molecule has 7 aromatic rings. The largest absolute Gasteiger partial charge is 0.329 e. The van der Waals surface area contributed by atoms with Crippen molar-refractivity contribution in [2.45, 2.75) is 6.54 Å². The Morgan fingerprint density at radius 2 is 1.06 bits per heavy atom. The van der Waals surface area contributed by atoms with Crippen molar-refractivity contribution in [2.75, 3.05) is 27.7 Å². The quantitative estimate of drug-likeness (QED) is 0.221. The van der Waals surface area contributed by atoms with Crippen LogP contribution in [-0.2, 0) is 6.54 Å². The third-order valence-electron chi connectivity index (χ3n) is 7.33. The topological polar surface area (TPSA) is 39.1 Å². The second-order valence-electron chi connectivity index (χ2n) is 10.3. The molecule has 0 bridgehead atoms. The summed E-state index contributed by atoms with van der Waals surface area (Å²) in [4.78, 5) is 27.4. The lowest BCUT2D eigenvalue weighted by Crippen LogP contribution is -2.40. The highest BCUT2D eigenvalue weighted by atomic mass is 16.2. The molecule has 160 valence electrons. The van der Waals surface area contributed by atoms with Crippen molar-refractivity contribution in [2.24, 2.45) is 0 Å². The van der Waals surface area contributed by atoms with Gasteiger partial charge in [-0.15, -0.1) is 0 Å². The van der Waals surface area contributed by atoms with Gasteiger partial charge < -0.3 is 4.48 Å². The van der Waals surface area contributed by atoms with E-state index in [0.29, 0.717) is 28.3 Å². The van der Waals surface area contributed by atoms with Crippen LogP contribution in [0.2, 0.25) is 0 Å². The first-order valence-electron chi connectivity index (χ1n) is 11.4. The first-order chi connectivity index (χ1) is 15.8. The second-order valence-corrected chi connectivity index (χ2v) is 10.3. The van der Waals surface area contributed by atoms with Gasteiger partial charge in [0.2, 0.25) is 0 Å². The van der Waals surface area contributed by atoms with Crippen LogP contribution in [-0.4, -0.2) is 36.7 Å². The van der Waals surface area contributed by atoms with Gasteiger partial charge in [-0.1, -0.05) is 60.7 Å². The fraction of sp³-hybridized carbons (Fsp3) is 0.172. The molecular weight excluding hydrogens is 408 g/mol. The molecule has 4 nitrogen and oxygen atoms in total. The van der Waals surface area contributed by atoms with Gasteiger partial charge in [-0.25, -0.2) is 0 Å². The van der Waals surface area contributed by atoms with Gasteiger partial charge in [0.15, 0.2) is 0 Å². The lowest BCUT2D eigenvalue weighted by atomic mass is 9.84. The number of hydrogen-bond acceptors (Lipinski definition) is 2. The maximum absolute atomic E-state index is 13.7. The van der Waals surface area contributed by atoms with E-state index in [-0.39, 0.29) is 11.1 Å². The molecule has 0 unspecified atom stereocenters. The standard InChI is InChI=1S/C29H23N2O2/c1-31(2,3)15-14-30-28(32)26-20-12-10-16-6-4-8-18-19-9-5-7-17-11-13-21(27(26)29(30)33)25(23(17)19)24(20)22(16)18/h4-13H,14-15H2,1-3H3/q+1. The number of benzene rings is 6. The molecule has 0 amide bonds. The highest BCUT2D eigenvalue weighted by molar-refractivity contribution is 6.44. The zero-order chi connectivity index (χ0) is 22.6. The highest BCUT2D eigenvalue weighted by Crippen LogP contribution is 2.46. The predicted octanol–water partition coefficient (Wildman–Crippen LogP) is 5.15. The smallest absolute Gasteiger partial charge is 0.262 e. The normalized spacial score (nSPS) is 13.2. The molecule has 0 aliphatic carbocycles. The van der Waals surface area contributed by atoms with E-state index < -0.39 is 0 Å². The lowest BCUT2D eigenvalue weighted by molar-refractivity contribution is -0.871. The van der Waals surface area contributed by atoms with Crippen molar-refractivity contribution in [1.82, 2.24) is 4.57 Å². The third kappa shape index (κ3) is 2.29. The van der Waals surface area contributed by atoms with Crippen LogP contribution >= 0.6 is 0 Å². The van der Waals surface area contributed by atoms with Gasteiger partial charge >= 0.3 is 0 Å². The van der Waals surface area contributed by atoms with Crippen LogP contribution in [0.25, 0.3) is 64.6 Å². The Kier molecular flexibility index (Phi) is 3.40. The number of hydrogen-bond donors (Lipinski definition) is 0. The number of quaternary nitrogens is 1. The van der Waals surface area contributed by atoms with E-state index in [9.17, 15) is 9.59 Å². The predicted molar refractivity (Wildman–Crippen MR) is 138 cm³/mol. The first-order valence-corrected chi connectivity index (χ1v) is 11.4. The first kappa shape index (κ1) is 18.8. The van der Waals surface area contributed by atoms with Crippen molar-refractivity contribution in [3.05, 3.63) is 81.4 Å². The molecule has 0 spiro atoms. The van der Waals surface area contributed by atoms with E-state index >= 15 is 0 Å². The van der Waals surface area contributed by atoms with Crippen molar-refractivity contribution in [3.8, 4) is 0 Å². The highest BCUT2D eigenvalue weighted by Gasteiger charge is 2.25. The summed E-state index contributed by atoms with van der Waals surface area (Å²) in [7, 11) is 6.23. The van der Waals surface area contributed by atoms with E-state index in [2.05, 4.69) is 69.7 Å². The minimum atomic E-state index is -0.166. The molecule has 7 rings (SSSR count). The van der Waals surface area contributed by atoms with Crippen LogP contribution in [0, 0.1) is 0 Å². The lowest BCUT2D eigenvalue weighted by Gasteiger charge is -2.23. The van der Waals surface area contributed by atoms with Gasteiger partial charge in [0, 0.05) is 0 Å². The van der Waals surface area contributed by atoms with Crippen LogP contribution < -0.4 is 11.1 Å². The van der Waals surface area contributed by atoms with Crippen molar-refractivity contribution < 1.29 is 4.48 Å². The minimum Gasteiger partial charge on any atom is -0.329 e. The molecular formula is C29H23N2O2+. The summed E-state index contributed by atoms with van der Waals surface area (Å²) < 4.78 is 2.15. The monoisotopic (exact) mass is 431 g/mol. The van der Waals surface area contributed by atoms with Crippen molar-refractivity contribution in [3.63, 3.8) is 0 Å². The SMILES string of the molecule is C[N+](C)(C)CCn1c(=O)c2c3ccc4cccc5c6cccc7ccc(c2c1=O)c(c76)c3c45. The average molecular weight is 432 g/mol. The maximum atomic E-state index is 13.7. The molecule has 6 aromatic carbocycles. The van der Waals surface area contributed by atoms with Crippen LogP contribution in [0.3, 0.4) is 0 Å². The van der Waals surface area contributed by atoms with Crippen molar-refractivity contribution >= 4 is 64.6 Å². The van der Waals surface area contributed by atoms with Crippen LogP contribution in [0.4, 0.5) is 0 Å². The summed E-state index contributed by atoms with van der Waals surface area (Å²) in [6.07, 6.45) is 0. The van der Waals surface area contributed by atoms with Gasteiger partial charge in [-0.05, 0) is 53.9 Å². The van der Waals surface area contributed by atoms with Gasteiger partial charge in [-0.2, -0.15) is 0 Å². The van der Waals surface area contributed by atoms with Gasteiger partial charge in [0.25, 0.3) is 11.1 Å². The third-order valence-corrected chi connectivity index (χ3v) is 7.33. The number of likely N-dealkylation sites (N-methyl/N-ethyl adjacent to an activating group) is 1. The minimum absolute atomic E-state index is 0.166. The number of aromatic nitrogens is 1. The Labute approximate surface area is 189 Å². The molecule has 33 heavy (non-hydrogen) atoms. The summed E-state index contributed by atoms with van der Waals surface area (Å²) in [5.41, 5.74) is -0.331. The summed E-state index contributed by atoms with van der Waals surface area (Å²) in [6.45, 7) is 1.12. The van der Waals surface area contributed by atoms with Crippen LogP contribution in [0.5, 0.6) is 0 Å². The second kappa shape index (κ2) is 5.97. The van der Waals surface area contributed by atoms with Gasteiger partial charge in [0.1, 0.15) is 0 Å². The molecule has 4 heteroatoms. The summed E-state index contributed by atoms with van der Waals surface area (Å²) in [5, 5.41) is 12.2. The zero-order valence-electron chi connectivity index (χ0n) is 18.9. The molecule has 0 fully saturated rings. The Balaban J connectivity index is 1.80. The molecule has 0 atom stereocenters. The Bertz CT molecular complexity index is 1860. The van der Waals surface area contributed by atoms with Gasteiger partial charge in [-0.3, -0.25) is 14.2 Å². The summed E-state index contributed by atoms with van der Waals surface area (Å²) in [6, 6.07) is 21.1. The number of rotatable bonds is 3. The molecule has 1 aromatic heterocycles. The molecule has 0 N–H and O–H groups in total. The number of fused-ring (bicyclic) bond motifs is 4. The fourth-order valence-electron chi connectivity index (χ4n) is 5.82. The molecule has 0 saturated carbocycles. The Morgan fingerprint density at radius 3 is 1.52 bits per heavy atom. The van der Waals surface area contributed by atoms with Crippen LogP contribution in [0.15, 0.2) is 70.3 Å². The van der Waals surface area contributed by atoms with E-state index in [1.54, 1.807) is 0 Å². The van der Waals surface area contributed by atoms with Crippen molar-refractivity contribution in [1.29, 1.82) is 0 Å². The Morgan fingerprint density at radius 1 is 0.576 bits per heavy atom. The summed E-state index contributed by atoms with van der Waals surface area (Å²) in [5.74, 6) is 0. The molecule has 0 saturated heterocycles. The summed E-state index contributed by atoms with van der Waals surface area (Å²) >= 11 is 0. The maximum Gasteiger partial charge on any atom is 0.262 e. The molecule has 0 aliphatic rings. The molecule has 0 aliphatic heterocycles. The van der Waals surface area contributed by atoms with E-state index in [0.717, 1.165) is 32.3 Å². The van der Waals surface area contributed by atoms with E-state index in [1.807, 2.05) is 12.1 Å². The Hall–Kier alpha value is -3.76. The van der Waals surface area contributed by atoms with E-state index in [1.165, 1.54) is 26.1 Å². The fourth-order valence-corrected chi connectivity index (χ4v) is 5.82. The molecule has 1 heterocycles. The average Bonchev–Trinajstić information content (AvgIpc) is 3.05. The van der Waals surface area contributed by atoms with E-state index in [4.69, 9.17) is 0 Å².